The van der Waals surface area contributed by atoms with Crippen LogP contribution in [0.5, 0.6) is 5.75 Å². The Morgan fingerprint density at radius 3 is 1.88 bits per heavy atom. The number of nitrogens with one attached hydrogen (secondary N) is 1. The summed E-state index contributed by atoms with van der Waals surface area (Å²) in [6, 6.07) is 33.5. The van der Waals surface area contributed by atoms with Crippen molar-refractivity contribution in [2.24, 2.45) is 0 Å². The summed E-state index contributed by atoms with van der Waals surface area (Å²) >= 11 is 8.82. The molecule has 7 rings (SSSR count). The zero-order valence-corrected chi connectivity index (χ0v) is 39.1. The second-order valence-electron chi connectivity index (χ2n) is 14.9. The molecule has 0 aliphatic rings. The van der Waals surface area contributed by atoms with Gasteiger partial charge in [0.05, 0.1) is 29.7 Å². The lowest BCUT2D eigenvalue weighted by Gasteiger charge is -2.20. The lowest BCUT2D eigenvalue weighted by Crippen LogP contribution is -2.33. The van der Waals surface area contributed by atoms with Crippen LogP contribution >= 0.6 is 34.3 Å². The van der Waals surface area contributed by atoms with E-state index in [1.807, 2.05) is 63.2 Å². The highest BCUT2D eigenvalue weighted by molar-refractivity contribution is 7.19. The molecular formula is C49H47ClFN7O6S2. The molecule has 3 amide bonds. The van der Waals surface area contributed by atoms with E-state index in [0.717, 1.165) is 46.4 Å². The third-order valence-electron chi connectivity index (χ3n) is 10.1. The van der Waals surface area contributed by atoms with Gasteiger partial charge in [-0.2, -0.15) is 0 Å². The Morgan fingerprint density at radius 1 is 0.727 bits per heavy atom. The number of carbonyl (C=O) groups excluding carboxylic acids is 3. The molecule has 0 radical (unpaired) electrons. The number of aliphatic carboxylic acids is 1. The van der Waals surface area contributed by atoms with Crippen molar-refractivity contribution in [3.63, 3.8) is 0 Å². The number of carboxylic acids is 1. The molecule has 0 fully saturated rings. The number of benzene rings is 5. The number of hydrogen-bond donors (Lipinski definition) is 2. The molecule has 5 aromatic carbocycles. The summed E-state index contributed by atoms with van der Waals surface area (Å²) in [5, 5.41) is 30.9. The number of aryl methyl sites for hydroxylation is 2. The Bertz CT molecular complexity index is 2760. The summed E-state index contributed by atoms with van der Waals surface area (Å²) < 4.78 is 19.9. The Labute approximate surface area is 394 Å². The molecule has 0 unspecified atom stereocenters. The molecule has 66 heavy (non-hydrogen) atoms. The summed E-state index contributed by atoms with van der Waals surface area (Å²) in [6.45, 7) is 6.90. The van der Waals surface area contributed by atoms with Gasteiger partial charge in [-0.25, -0.2) is 4.39 Å². The van der Waals surface area contributed by atoms with Crippen LogP contribution in [0.4, 0.5) is 14.7 Å². The Balaban J connectivity index is 0.000000218. The molecule has 0 aliphatic carbocycles. The first-order chi connectivity index (χ1) is 31.9. The van der Waals surface area contributed by atoms with Crippen LogP contribution in [-0.4, -0.2) is 75.9 Å². The monoisotopic (exact) mass is 947 g/mol. The number of carbonyl (C=O) groups is 4. The van der Waals surface area contributed by atoms with Crippen molar-refractivity contribution in [3.8, 4) is 26.9 Å². The molecule has 13 nitrogen and oxygen atoms in total. The topological polar surface area (TPSA) is 168 Å². The first kappa shape index (κ1) is 48.6. The summed E-state index contributed by atoms with van der Waals surface area (Å²) in [5.74, 6) is -1.71. The maximum atomic E-state index is 14.4. The van der Waals surface area contributed by atoms with Gasteiger partial charge in [-0.3, -0.25) is 29.0 Å². The van der Waals surface area contributed by atoms with Gasteiger partial charge >= 0.3 is 5.97 Å². The molecule has 0 spiro atoms. The fourth-order valence-corrected chi connectivity index (χ4v) is 8.70. The van der Waals surface area contributed by atoms with Gasteiger partial charge in [0.15, 0.2) is 0 Å². The number of amides is 3. The summed E-state index contributed by atoms with van der Waals surface area (Å²) in [4.78, 5) is 52.3. The van der Waals surface area contributed by atoms with E-state index < -0.39 is 17.7 Å². The van der Waals surface area contributed by atoms with Gasteiger partial charge in [0, 0.05) is 36.3 Å². The number of halogens is 2. The van der Waals surface area contributed by atoms with Crippen LogP contribution in [0, 0.1) is 19.7 Å². The van der Waals surface area contributed by atoms with Crippen LogP contribution in [0.1, 0.15) is 74.0 Å². The quantitative estimate of drug-likeness (QED) is 0.0896. The lowest BCUT2D eigenvalue weighted by atomic mass is 10.1. The predicted molar refractivity (Wildman–Crippen MR) is 258 cm³/mol. The van der Waals surface area contributed by atoms with Gasteiger partial charge in [-0.05, 0) is 91.9 Å². The van der Waals surface area contributed by atoms with Crippen molar-refractivity contribution in [1.29, 1.82) is 0 Å². The van der Waals surface area contributed by atoms with Crippen molar-refractivity contribution in [1.82, 2.24) is 25.7 Å². The van der Waals surface area contributed by atoms with Crippen LogP contribution in [0.3, 0.4) is 0 Å². The molecule has 0 saturated heterocycles. The summed E-state index contributed by atoms with van der Waals surface area (Å²) in [5.41, 5.74) is 5.55. The second-order valence-corrected chi connectivity index (χ2v) is 17.2. The van der Waals surface area contributed by atoms with E-state index in [4.69, 9.17) is 21.4 Å². The minimum absolute atomic E-state index is 0.0125. The molecule has 0 bridgehead atoms. The first-order valence-electron chi connectivity index (χ1n) is 21.0. The highest BCUT2D eigenvalue weighted by atomic mass is 35.5. The molecule has 2 heterocycles. The Kier molecular flexibility index (Phi) is 17.2. The average molecular weight is 949 g/mol. The van der Waals surface area contributed by atoms with Crippen LogP contribution in [0.15, 0.2) is 115 Å². The van der Waals surface area contributed by atoms with Crippen molar-refractivity contribution < 1.29 is 33.4 Å². The summed E-state index contributed by atoms with van der Waals surface area (Å²) in [6.07, 6.45) is 2.18. The number of rotatable bonds is 17. The SMILES string of the molecule is CCCCN(C(=O)c1ccccc1Cl)c1nnc(-c2ccc(C(=O)NCCC(=O)O)cc2)s1.COc1c(C)cc(-c2nnc(N(CCc3ccccc3)C(=O)c3ccccc3F)s2)cc1C. The van der Waals surface area contributed by atoms with Gasteiger partial charge in [-0.15, -0.1) is 20.4 Å². The maximum Gasteiger partial charge on any atom is 0.305 e. The molecular weight excluding hydrogens is 901 g/mol. The number of ether oxygens (including phenoxy) is 1. The van der Waals surface area contributed by atoms with E-state index in [2.05, 4.69) is 25.7 Å². The lowest BCUT2D eigenvalue weighted by molar-refractivity contribution is -0.136. The van der Waals surface area contributed by atoms with Crippen LogP contribution in [0.25, 0.3) is 21.1 Å². The average Bonchev–Trinajstić information content (AvgIpc) is 4.01. The number of methoxy groups -OCH3 is 1. The third-order valence-corrected chi connectivity index (χ3v) is 12.4. The zero-order chi connectivity index (χ0) is 47.2. The van der Waals surface area contributed by atoms with Gasteiger partial charge < -0.3 is 15.2 Å². The highest BCUT2D eigenvalue weighted by Crippen LogP contribution is 2.35. The molecule has 17 heteroatoms. The molecule has 0 saturated carbocycles. The number of anilines is 2. The number of carboxylic acid groups (broad SMARTS) is 1. The molecule has 7 aromatic rings. The number of unbranched alkanes of at least 4 members (excludes halogenated alkanes) is 1. The van der Waals surface area contributed by atoms with Crippen LogP contribution < -0.4 is 19.9 Å². The van der Waals surface area contributed by atoms with E-state index in [0.29, 0.717) is 55.9 Å². The number of hydrogen-bond acceptors (Lipinski definition) is 11. The van der Waals surface area contributed by atoms with Crippen molar-refractivity contribution in [3.05, 3.63) is 159 Å². The standard InChI is InChI=1S/C26H24FN3O2S.C23H23ClN4O4S/c1-17-15-20(16-18(2)23(17)32-3)24-28-29-26(33-24)30(14-13-19-9-5-4-6-10-19)25(31)21-11-7-8-12-22(21)27;1-2-3-14-28(22(32)17-6-4-5-7-18(17)24)23-27-26-21(33-23)16-10-8-15(9-11-16)20(31)25-13-12-19(29)30/h4-12,15-16H,13-14H2,1-3H3;4-11H,2-3,12-14H2,1H3,(H,25,31)(H,29,30). The minimum Gasteiger partial charge on any atom is -0.496 e. The Morgan fingerprint density at radius 2 is 1.29 bits per heavy atom. The fraction of sp³-hybridized carbons (Fsp3) is 0.224. The maximum absolute atomic E-state index is 14.4. The largest absolute Gasteiger partial charge is 0.496 e. The second kappa shape index (κ2) is 23.3. The highest BCUT2D eigenvalue weighted by Gasteiger charge is 2.26. The fourth-order valence-electron chi connectivity index (χ4n) is 6.76. The number of nitrogens with zero attached hydrogens (tertiary/aromatic N) is 6. The van der Waals surface area contributed by atoms with Crippen LogP contribution in [-0.2, 0) is 11.2 Å². The van der Waals surface area contributed by atoms with Crippen molar-refractivity contribution in [2.45, 2.75) is 46.5 Å². The van der Waals surface area contributed by atoms with Crippen LogP contribution in [0.2, 0.25) is 5.02 Å². The molecule has 2 aromatic heterocycles. The molecule has 0 aliphatic heterocycles. The van der Waals surface area contributed by atoms with Crippen molar-refractivity contribution in [2.75, 3.05) is 36.5 Å². The van der Waals surface area contributed by atoms with Gasteiger partial charge in [0.25, 0.3) is 17.7 Å². The zero-order valence-electron chi connectivity index (χ0n) is 36.7. The smallest absolute Gasteiger partial charge is 0.305 e. The minimum atomic E-state index is -0.973. The van der Waals surface area contributed by atoms with Gasteiger partial charge in [-0.1, -0.05) is 114 Å². The normalized spacial score (nSPS) is 10.7. The summed E-state index contributed by atoms with van der Waals surface area (Å²) in [7, 11) is 1.65. The van der Waals surface area contributed by atoms with E-state index in [-0.39, 0.29) is 30.3 Å². The molecule has 2 N–H and O–H groups in total. The predicted octanol–water partition coefficient (Wildman–Crippen LogP) is 10.4. The van der Waals surface area contributed by atoms with Gasteiger partial charge in [0.2, 0.25) is 10.3 Å². The Hall–Kier alpha value is -6.88. The van der Waals surface area contributed by atoms with E-state index >= 15 is 0 Å². The van der Waals surface area contributed by atoms with Gasteiger partial charge in [0.1, 0.15) is 21.6 Å². The third kappa shape index (κ3) is 12.5. The first-order valence-corrected chi connectivity index (χ1v) is 23.0. The van der Waals surface area contributed by atoms with E-state index in [1.165, 1.54) is 39.7 Å². The molecule has 0 atom stereocenters. The van der Waals surface area contributed by atoms with E-state index in [1.54, 1.807) is 72.7 Å². The van der Waals surface area contributed by atoms with E-state index in [9.17, 15) is 23.6 Å². The number of aromatic nitrogens is 4. The molecule has 340 valence electrons. The van der Waals surface area contributed by atoms with Crippen molar-refractivity contribution >= 4 is 68.2 Å².